The van der Waals surface area contributed by atoms with Gasteiger partial charge in [0.2, 0.25) is 0 Å². The van der Waals surface area contributed by atoms with E-state index in [4.69, 9.17) is 10.5 Å². The van der Waals surface area contributed by atoms with Gasteiger partial charge in [0.05, 0.1) is 19.3 Å². The molecule has 2 rings (SSSR count). The highest BCUT2D eigenvalue weighted by atomic mass is 16.5. The van der Waals surface area contributed by atoms with E-state index in [1.165, 1.54) is 0 Å². The van der Waals surface area contributed by atoms with E-state index in [-0.39, 0.29) is 0 Å². The van der Waals surface area contributed by atoms with Gasteiger partial charge in [0.1, 0.15) is 11.9 Å². The number of nitrogens with one attached hydrogen (secondary N) is 1. The number of benzene rings is 2. The SMILES string of the molecule is CC(C)CCOc1cccc(C(=O)NC(CO)C(O)c2ccc(N)cc2)c1. The van der Waals surface area contributed by atoms with Crippen LogP contribution in [0.25, 0.3) is 0 Å². The molecule has 1 amide bonds. The van der Waals surface area contributed by atoms with Gasteiger partial charge in [-0.3, -0.25) is 4.79 Å². The summed E-state index contributed by atoms with van der Waals surface area (Å²) >= 11 is 0. The second kappa shape index (κ2) is 9.94. The van der Waals surface area contributed by atoms with Gasteiger partial charge in [-0.05, 0) is 48.2 Å². The highest BCUT2D eigenvalue weighted by Gasteiger charge is 2.23. The molecule has 27 heavy (non-hydrogen) atoms. The molecule has 0 aliphatic heterocycles. The molecule has 6 nitrogen and oxygen atoms in total. The van der Waals surface area contributed by atoms with Crippen LogP contribution >= 0.6 is 0 Å². The van der Waals surface area contributed by atoms with Crippen molar-refractivity contribution in [3.8, 4) is 5.75 Å². The van der Waals surface area contributed by atoms with Gasteiger partial charge < -0.3 is 26.0 Å². The minimum atomic E-state index is -1.05. The summed E-state index contributed by atoms with van der Waals surface area (Å²) in [4.78, 5) is 12.5. The van der Waals surface area contributed by atoms with E-state index in [0.29, 0.717) is 35.1 Å². The van der Waals surface area contributed by atoms with Gasteiger partial charge in [0.25, 0.3) is 5.91 Å². The first-order valence-corrected chi connectivity index (χ1v) is 9.08. The summed E-state index contributed by atoms with van der Waals surface area (Å²) in [5.74, 6) is 0.761. The Hall–Kier alpha value is -2.57. The Morgan fingerprint density at radius 1 is 1.19 bits per heavy atom. The number of anilines is 1. The molecule has 0 aliphatic rings. The number of aliphatic hydroxyl groups excluding tert-OH is 2. The number of nitrogen functional groups attached to an aromatic ring is 1. The van der Waals surface area contributed by atoms with Crippen molar-refractivity contribution in [1.82, 2.24) is 5.32 Å². The Labute approximate surface area is 160 Å². The normalized spacial score (nSPS) is 13.2. The largest absolute Gasteiger partial charge is 0.494 e. The number of carbonyl (C=O) groups excluding carboxylic acids is 1. The zero-order valence-electron chi connectivity index (χ0n) is 15.8. The van der Waals surface area contributed by atoms with Crippen LogP contribution in [-0.2, 0) is 0 Å². The molecule has 0 radical (unpaired) electrons. The van der Waals surface area contributed by atoms with Crippen LogP contribution in [0.3, 0.4) is 0 Å². The summed E-state index contributed by atoms with van der Waals surface area (Å²) in [5, 5.41) is 22.7. The van der Waals surface area contributed by atoms with Gasteiger partial charge in [-0.1, -0.05) is 32.0 Å². The predicted octanol–water partition coefficient (Wildman–Crippen LogP) is 2.52. The molecule has 146 valence electrons. The first kappa shape index (κ1) is 20.7. The molecule has 0 heterocycles. The number of aliphatic hydroxyl groups is 2. The van der Waals surface area contributed by atoms with Crippen molar-refractivity contribution in [3.05, 3.63) is 59.7 Å². The highest BCUT2D eigenvalue weighted by Crippen LogP contribution is 2.19. The maximum atomic E-state index is 12.5. The van der Waals surface area contributed by atoms with Gasteiger partial charge in [-0.2, -0.15) is 0 Å². The zero-order chi connectivity index (χ0) is 19.8. The summed E-state index contributed by atoms with van der Waals surface area (Å²) in [7, 11) is 0. The minimum Gasteiger partial charge on any atom is -0.494 e. The van der Waals surface area contributed by atoms with Gasteiger partial charge >= 0.3 is 0 Å². The van der Waals surface area contributed by atoms with Crippen LogP contribution in [-0.4, -0.2) is 35.4 Å². The Kier molecular flexibility index (Phi) is 7.64. The van der Waals surface area contributed by atoms with E-state index in [1.807, 2.05) is 0 Å². The summed E-state index contributed by atoms with van der Waals surface area (Å²) in [5.41, 5.74) is 7.19. The van der Waals surface area contributed by atoms with E-state index in [1.54, 1.807) is 48.5 Å². The molecule has 5 N–H and O–H groups in total. The second-order valence-electron chi connectivity index (χ2n) is 6.93. The molecule has 0 aromatic heterocycles. The average Bonchev–Trinajstić information content (AvgIpc) is 2.66. The smallest absolute Gasteiger partial charge is 0.251 e. The van der Waals surface area contributed by atoms with Crippen molar-refractivity contribution in [1.29, 1.82) is 0 Å². The van der Waals surface area contributed by atoms with Crippen LogP contribution in [0.5, 0.6) is 5.75 Å². The van der Waals surface area contributed by atoms with Crippen molar-refractivity contribution >= 4 is 11.6 Å². The molecule has 2 unspecified atom stereocenters. The number of ether oxygens (including phenoxy) is 1. The van der Waals surface area contributed by atoms with Crippen molar-refractivity contribution < 1.29 is 19.7 Å². The van der Waals surface area contributed by atoms with E-state index in [9.17, 15) is 15.0 Å². The van der Waals surface area contributed by atoms with Crippen LogP contribution < -0.4 is 15.8 Å². The van der Waals surface area contributed by atoms with Crippen molar-refractivity contribution in [2.45, 2.75) is 32.4 Å². The predicted molar refractivity (Wildman–Crippen MR) is 106 cm³/mol. The Morgan fingerprint density at radius 2 is 1.89 bits per heavy atom. The van der Waals surface area contributed by atoms with E-state index in [0.717, 1.165) is 6.42 Å². The molecular formula is C21H28N2O4. The van der Waals surface area contributed by atoms with E-state index >= 15 is 0 Å². The fourth-order valence-corrected chi connectivity index (χ4v) is 2.54. The van der Waals surface area contributed by atoms with Gasteiger partial charge in [-0.15, -0.1) is 0 Å². The third-order valence-electron chi connectivity index (χ3n) is 4.23. The number of nitrogens with two attached hydrogens (primary N) is 1. The Bertz CT molecular complexity index is 731. The van der Waals surface area contributed by atoms with Crippen LogP contribution in [0.4, 0.5) is 5.69 Å². The van der Waals surface area contributed by atoms with Crippen molar-refractivity contribution in [3.63, 3.8) is 0 Å². The Morgan fingerprint density at radius 3 is 2.52 bits per heavy atom. The molecule has 2 atom stereocenters. The van der Waals surface area contributed by atoms with Crippen LogP contribution in [0, 0.1) is 5.92 Å². The summed E-state index contributed by atoms with van der Waals surface area (Å²) in [6, 6.07) is 12.7. The van der Waals surface area contributed by atoms with E-state index < -0.39 is 24.7 Å². The molecule has 0 aliphatic carbocycles. The van der Waals surface area contributed by atoms with Crippen molar-refractivity contribution in [2.75, 3.05) is 18.9 Å². The van der Waals surface area contributed by atoms with Crippen LogP contribution in [0.15, 0.2) is 48.5 Å². The van der Waals surface area contributed by atoms with Crippen molar-refractivity contribution in [2.24, 2.45) is 5.92 Å². The maximum Gasteiger partial charge on any atom is 0.251 e. The topological polar surface area (TPSA) is 105 Å². The van der Waals surface area contributed by atoms with Gasteiger partial charge in [-0.25, -0.2) is 0 Å². The van der Waals surface area contributed by atoms with Crippen LogP contribution in [0.1, 0.15) is 42.3 Å². The first-order chi connectivity index (χ1) is 12.9. The summed E-state index contributed by atoms with van der Waals surface area (Å²) in [6.07, 6.45) is -0.124. The molecular weight excluding hydrogens is 344 g/mol. The number of carbonyl (C=O) groups is 1. The van der Waals surface area contributed by atoms with Gasteiger partial charge in [0.15, 0.2) is 0 Å². The standard InChI is InChI=1S/C21H28N2O4/c1-14(2)10-11-27-18-5-3-4-16(12-18)21(26)23-19(13-24)20(25)15-6-8-17(22)9-7-15/h3-9,12,14,19-20,24-25H,10-11,13,22H2,1-2H3,(H,23,26). The van der Waals surface area contributed by atoms with Gasteiger partial charge in [0, 0.05) is 11.3 Å². The quantitative estimate of drug-likeness (QED) is 0.506. The fourth-order valence-electron chi connectivity index (χ4n) is 2.54. The zero-order valence-corrected chi connectivity index (χ0v) is 15.8. The lowest BCUT2D eigenvalue weighted by atomic mass is 10.0. The number of rotatable bonds is 9. The molecule has 0 saturated carbocycles. The first-order valence-electron chi connectivity index (χ1n) is 9.08. The number of hydrogen-bond acceptors (Lipinski definition) is 5. The summed E-state index contributed by atoms with van der Waals surface area (Å²) < 4.78 is 5.68. The second-order valence-corrected chi connectivity index (χ2v) is 6.93. The molecule has 0 saturated heterocycles. The third kappa shape index (κ3) is 6.27. The molecule has 2 aromatic carbocycles. The highest BCUT2D eigenvalue weighted by molar-refractivity contribution is 5.94. The Balaban J connectivity index is 2.02. The minimum absolute atomic E-state index is 0.391. The number of hydrogen-bond donors (Lipinski definition) is 4. The molecule has 0 spiro atoms. The lowest BCUT2D eigenvalue weighted by Gasteiger charge is -2.23. The maximum absolute atomic E-state index is 12.5. The average molecular weight is 372 g/mol. The van der Waals surface area contributed by atoms with E-state index in [2.05, 4.69) is 19.2 Å². The summed E-state index contributed by atoms with van der Waals surface area (Å²) in [6.45, 7) is 4.42. The monoisotopic (exact) mass is 372 g/mol. The molecule has 6 heteroatoms. The fraction of sp³-hybridized carbons (Fsp3) is 0.381. The number of amides is 1. The molecule has 0 fully saturated rings. The lowest BCUT2D eigenvalue weighted by molar-refractivity contribution is 0.0703. The third-order valence-corrected chi connectivity index (χ3v) is 4.23. The molecule has 2 aromatic rings. The lowest BCUT2D eigenvalue weighted by Crippen LogP contribution is -2.42. The molecule has 0 bridgehead atoms. The van der Waals surface area contributed by atoms with Crippen LogP contribution in [0.2, 0.25) is 0 Å².